The number of halogens is 1. The van der Waals surface area contributed by atoms with Crippen molar-refractivity contribution >= 4 is 15.9 Å². The maximum Gasteiger partial charge on any atom is 0.186 e. The Balaban J connectivity index is 1.39. The van der Waals surface area contributed by atoms with Crippen molar-refractivity contribution in [2.45, 2.75) is 62.5 Å². The van der Waals surface area contributed by atoms with Crippen LogP contribution in [0.2, 0.25) is 0 Å². The van der Waals surface area contributed by atoms with Crippen LogP contribution >= 0.6 is 15.9 Å². The first-order valence-corrected chi connectivity index (χ1v) is 16.2. The Bertz CT molecular complexity index is 1400. The van der Waals surface area contributed by atoms with Crippen LogP contribution < -0.4 is 4.74 Å². The Labute approximate surface area is 274 Å². The Kier molecular flexibility index (Phi) is 13.0. The Morgan fingerprint density at radius 3 is 1.76 bits per heavy atom. The zero-order valence-electron chi connectivity index (χ0n) is 25.8. The Morgan fingerprint density at radius 1 is 0.578 bits per heavy atom. The minimum atomic E-state index is -0.694. The van der Waals surface area contributed by atoms with Gasteiger partial charge in [-0.1, -0.05) is 113 Å². The summed E-state index contributed by atoms with van der Waals surface area (Å²) in [6, 6.07) is 36.3. The van der Waals surface area contributed by atoms with Crippen LogP contribution in [-0.2, 0) is 60.2 Å². The van der Waals surface area contributed by atoms with Crippen molar-refractivity contribution < 1.29 is 33.2 Å². The molecule has 0 aromatic heterocycles. The number of methoxy groups -OCH3 is 2. The molecule has 0 spiro atoms. The van der Waals surface area contributed by atoms with E-state index in [9.17, 15) is 0 Å². The van der Waals surface area contributed by atoms with Crippen molar-refractivity contribution in [3.63, 3.8) is 0 Å². The van der Waals surface area contributed by atoms with Crippen LogP contribution in [-0.4, -0.2) is 51.5 Å². The number of hydrogen-bond acceptors (Lipinski definition) is 7. The van der Waals surface area contributed by atoms with Crippen LogP contribution in [0.25, 0.3) is 0 Å². The molecule has 1 saturated heterocycles. The van der Waals surface area contributed by atoms with E-state index >= 15 is 0 Å². The summed E-state index contributed by atoms with van der Waals surface area (Å²) in [6.45, 7) is 1.81. The molecule has 238 valence electrons. The van der Waals surface area contributed by atoms with E-state index in [2.05, 4.69) is 34.1 Å². The zero-order valence-corrected chi connectivity index (χ0v) is 27.3. The second-order valence-corrected chi connectivity index (χ2v) is 11.5. The predicted octanol–water partition coefficient (Wildman–Crippen LogP) is 7.23. The molecule has 7 nitrogen and oxygen atoms in total. The SMILES string of the molecule is COc1ccc(COC[C@H]2O[C@H](OC)[C@H](OCc3ccccc3)[C@@H](OCc3ccccc3)[C@@H]2OCc2cccc(CBr)c2)cc1. The smallest absolute Gasteiger partial charge is 0.186 e. The Morgan fingerprint density at radius 2 is 1.13 bits per heavy atom. The molecule has 5 rings (SSSR count). The van der Waals surface area contributed by atoms with Crippen LogP contribution in [0.3, 0.4) is 0 Å². The molecule has 4 aromatic rings. The quantitative estimate of drug-likeness (QED) is 0.116. The van der Waals surface area contributed by atoms with E-state index in [-0.39, 0.29) is 6.61 Å². The number of alkyl halides is 1. The van der Waals surface area contributed by atoms with Crippen molar-refractivity contribution in [2.24, 2.45) is 0 Å². The highest BCUT2D eigenvalue weighted by atomic mass is 79.9. The fraction of sp³-hybridized carbons (Fsp3) is 0.351. The van der Waals surface area contributed by atoms with Crippen LogP contribution in [0.5, 0.6) is 5.75 Å². The zero-order chi connectivity index (χ0) is 31.3. The minimum absolute atomic E-state index is 0.272. The lowest BCUT2D eigenvalue weighted by Crippen LogP contribution is -2.61. The molecule has 0 saturated carbocycles. The maximum atomic E-state index is 6.69. The topological polar surface area (TPSA) is 64.6 Å². The molecule has 1 aliphatic rings. The van der Waals surface area contributed by atoms with Crippen molar-refractivity contribution in [1.29, 1.82) is 0 Å². The van der Waals surface area contributed by atoms with Crippen LogP contribution in [0.15, 0.2) is 109 Å². The lowest BCUT2D eigenvalue weighted by Gasteiger charge is -2.45. The van der Waals surface area contributed by atoms with E-state index in [0.29, 0.717) is 26.4 Å². The van der Waals surface area contributed by atoms with Crippen molar-refractivity contribution in [3.05, 3.63) is 137 Å². The van der Waals surface area contributed by atoms with Crippen molar-refractivity contribution in [2.75, 3.05) is 20.8 Å². The average molecular weight is 678 g/mol. The van der Waals surface area contributed by atoms with E-state index < -0.39 is 30.7 Å². The largest absolute Gasteiger partial charge is 0.497 e. The molecule has 0 amide bonds. The second kappa shape index (κ2) is 17.6. The van der Waals surface area contributed by atoms with Gasteiger partial charge in [0.25, 0.3) is 0 Å². The number of hydrogen-bond donors (Lipinski definition) is 0. The molecule has 0 radical (unpaired) electrons. The van der Waals surface area contributed by atoms with E-state index in [4.69, 9.17) is 33.2 Å². The molecule has 45 heavy (non-hydrogen) atoms. The molecule has 0 unspecified atom stereocenters. The van der Waals surface area contributed by atoms with Gasteiger partial charge < -0.3 is 33.2 Å². The third-order valence-corrected chi connectivity index (χ3v) is 8.34. The maximum absolute atomic E-state index is 6.69. The van der Waals surface area contributed by atoms with Gasteiger partial charge in [0.1, 0.15) is 30.2 Å². The van der Waals surface area contributed by atoms with Crippen molar-refractivity contribution in [1.82, 2.24) is 0 Å². The number of ether oxygens (including phenoxy) is 7. The monoisotopic (exact) mass is 676 g/mol. The van der Waals surface area contributed by atoms with Gasteiger partial charge >= 0.3 is 0 Å². The molecule has 0 bridgehead atoms. The first-order valence-electron chi connectivity index (χ1n) is 15.1. The highest BCUT2D eigenvalue weighted by Crippen LogP contribution is 2.31. The fourth-order valence-corrected chi connectivity index (χ4v) is 5.66. The molecular formula is C37H41BrO7. The molecule has 1 heterocycles. The standard InChI is InChI=1S/C37H41BrO7/c1-39-32-18-16-29(17-19-32)22-41-26-33-34(42-25-31-15-9-14-30(20-31)21-38)35(43-23-27-10-5-3-6-11-27)36(37(40-2)45-33)44-24-28-12-7-4-8-13-28/h3-20,33-37H,21-26H2,1-2H3/t33-,34-,35+,36-,37+/m1/s1. The van der Waals surface area contributed by atoms with Gasteiger partial charge in [0.2, 0.25) is 0 Å². The second-order valence-electron chi connectivity index (χ2n) is 10.9. The van der Waals surface area contributed by atoms with Gasteiger partial charge in [0.05, 0.1) is 40.1 Å². The Hall–Kier alpha value is -3.08. The summed E-state index contributed by atoms with van der Waals surface area (Å²) in [5.41, 5.74) is 5.36. The van der Waals surface area contributed by atoms with Gasteiger partial charge in [-0.25, -0.2) is 0 Å². The fourth-order valence-electron chi connectivity index (χ4n) is 5.31. The molecule has 1 fully saturated rings. The lowest BCUT2D eigenvalue weighted by atomic mass is 9.97. The van der Waals surface area contributed by atoms with E-state index in [0.717, 1.165) is 33.3 Å². The van der Waals surface area contributed by atoms with E-state index in [1.165, 1.54) is 5.56 Å². The molecule has 1 aliphatic heterocycles. The van der Waals surface area contributed by atoms with E-state index in [1.54, 1.807) is 14.2 Å². The number of benzene rings is 4. The number of rotatable bonds is 16. The summed E-state index contributed by atoms with van der Waals surface area (Å²) < 4.78 is 43.8. The third kappa shape index (κ3) is 9.70. The van der Waals surface area contributed by atoms with Crippen LogP contribution in [0, 0.1) is 0 Å². The molecular weight excluding hydrogens is 636 g/mol. The predicted molar refractivity (Wildman–Crippen MR) is 176 cm³/mol. The van der Waals surface area contributed by atoms with Crippen molar-refractivity contribution in [3.8, 4) is 5.75 Å². The highest BCUT2D eigenvalue weighted by molar-refractivity contribution is 9.08. The van der Waals surface area contributed by atoms with Gasteiger partial charge in [-0.2, -0.15) is 0 Å². The molecule has 4 aromatic carbocycles. The van der Waals surface area contributed by atoms with Gasteiger partial charge in [-0.05, 0) is 39.9 Å². The molecule has 0 N–H and O–H groups in total. The third-order valence-electron chi connectivity index (χ3n) is 7.69. The highest BCUT2D eigenvalue weighted by Gasteiger charge is 2.48. The minimum Gasteiger partial charge on any atom is -0.497 e. The molecule has 8 heteroatoms. The molecule has 5 atom stereocenters. The summed E-state index contributed by atoms with van der Waals surface area (Å²) in [5.74, 6) is 0.801. The summed E-state index contributed by atoms with van der Waals surface area (Å²) in [6.07, 6.45) is -2.76. The average Bonchev–Trinajstić information content (AvgIpc) is 3.10. The lowest BCUT2D eigenvalue weighted by molar-refractivity contribution is -0.323. The van der Waals surface area contributed by atoms with Gasteiger partial charge in [-0.15, -0.1) is 0 Å². The van der Waals surface area contributed by atoms with Gasteiger partial charge in [-0.3, -0.25) is 0 Å². The van der Waals surface area contributed by atoms with Crippen LogP contribution in [0.4, 0.5) is 0 Å². The summed E-state index contributed by atoms with van der Waals surface area (Å²) >= 11 is 3.56. The normalized spacial score (nSPS) is 21.4. The summed E-state index contributed by atoms with van der Waals surface area (Å²) in [5, 5.41) is 0.767. The summed E-state index contributed by atoms with van der Waals surface area (Å²) in [4.78, 5) is 0. The summed E-state index contributed by atoms with van der Waals surface area (Å²) in [7, 11) is 3.28. The van der Waals surface area contributed by atoms with Crippen LogP contribution in [0.1, 0.15) is 27.8 Å². The first kappa shape index (κ1) is 33.3. The van der Waals surface area contributed by atoms with Gasteiger partial charge in [0, 0.05) is 12.4 Å². The van der Waals surface area contributed by atoms with E-state index in [1.807, 2.05) is 91.0 Å². The first-order chi connectivity index (χ1) is 22.2. The molecule has 0 aliphatic carbocycles. The van der Waals surface area contributed by atoms with Gasteiger partial charge in [0.15, 0.2) is 6.29 Å².